The first-order valence-corrected chi connectivity index (χ1v) is 17.3. The summed E-state index contributed by atoms with van der Waals surface area (Å²) >= 11 is 0. The van der Waals surface area contributed by atoms with E-state index in [1.165, 1.54) is 27.9 Å². The zero-order valence-corrected chi connectivity index (χ0v) is 28.5. The van der Waals surface area contributed by atoms with Crippen molar-refractivity contribution in [3.63, 3.8) is 0 Å². The Kier molecular flexibility index (Phi) is 6.86. The summed E-state index contributed by atoms with van der Waals surface area (Å²) in [5.41, 5.74) is 11.4. The van der Waals surface area contributed by atoms with Crippen LogP contribution in [0.3, 0.4) is 0 Å². The van der Waals surface area contributed by atoms with E-state index in [1.807, 2.05) is 18.2 Å². The van der Waals surface area contributed by atoms with Gasteiger partial charge in [0.05, 0.1) is 33.9 Å². The number of nitriles is 1. The van der Waals surface area contributed by atoms with Gasteiger partial charge in [-0.3, -0.25) is 4.57 Å². The topological polar surface area (TPSA) is 54.8 Å². The molecule has 0 amide bonds. The van der Waals surface area contributed by atoms with Crippen molar-refractivity contribution in [2.45, 2.75) is 39.5 Å². The van der Waals surface area contributed by atoms with Gasteiger partial charge < -0.3 is 4.42 Å². The van der Waals surface area contributed by atoms with Crippen LogP contribution in [0.1, 0.15) is 56.2 Å². The van der Waals surface area contributed by atoms with E-state index in [9.17, 15) is 5.26 Å². The first-order valence-electron chi connectivity index (χ1n) is 17.3. The van der Waals surface area contributed by atoms with Gasteiger partial charge in [-0.05, 0) is 110 Å². The molecule has 0 N–H and O–H groups in total. The van der Waals surface area contributed by atoms with E-state index in [1.54, 1.807) is 0 Å². The van der Waals surface area contributed by atoms with Gasteiger partial charge >= 0.3 is 0 Å². The highest BCUT2D eigenvalue weighted by atomic mass is 16.3. The third kappa shape index (κ3) is 4.62. The molecular weight excluding hydrogens is 611 g/mol. The van der Waals surface area contributed by atoms with E-state index in [0.717, 1.165) is 65.9 Å². The number of imidazole rings is 1. The quantitative estimate of drug-likeness (QED) is 0.175. The molecule has 0 saturated heterocycles. The summed E-state index contributed by atoms with van der Waals surface area (Å²) in [5, 5.41) is 16.1. The predicted octanol–water partition coefficient (Wildman–Crippen LogP) is 12.7. The van der Waals surface area contributed by atoms with Crippen molar-refractivity contribution in [2.75, 3.05) is 0 Å². The molecule has 7 aromatic carbocycles. The Labute approximate surface area is 290 Å². The molecule has 9 rings (SSSR count). The fraction of sp³-hybridized carbons (Fsp3) is 0.130. The Morgan fingerprint density at radius 3 is 2.08 bits per heavy atom. The summed E-state index contributed by atoms with van der Waals surface area (Å²) in [7, 11) is 0. The lowest BCUT2D eigenvalue weighted by molar-refractivity contribution is 0.670. The third-order valence-corrected chi connectivity index (χ3v) is 10.1. The number of hydrogen-bond acceptors (Lipinski definition) is 3. The number of aromatic nitrogens is 2. The number of nitrogens with zero attached hydrogens (tertiary/aromatic N) is 3. The Balaban J connectivity index is 1.34. The molecule has 0 saturated carbocycles. The lowest BCUT2D eigenvalue weighted by atomic mass is 9.88. The highest BCUT2D eigenvalue weighted by molar-refractivity contribution is 6.17. The lowest BCUT2D eigenvalue weighted by Gasteiger charge is -2.24. The maximum Gasteiger partial charge on any atom is 0.149 e. The number of rotatable bonds is 5. The molecule has 2 heterocycles. The molecule has 50 heavy (non-hydrogen) atoms. The van der Waals surface area contributed by atoms with Crippen molar-refractivity contribution in [1.82, 2.24) is 9.55 Å². The average molecular weight is 646 g/mol. The number of hydrogen-bond donors (Lipinski definition) is 0. The maximum atomic E-state index is 9.62. The molecule has 9 aromatic rings. The summed E-state index contributed by atoms with van der Waals surface area (Å²) in [4.78, 5) is 5.35. The second-order valence-corrected chi connectivity index (χ2v) is 13.9. The highest BCUT2D eigenvalue weighted by Crippen LogP contribution is 2.43. The van der Waals surface area contributed by atoms with Gasteiger partial charge in [0.1, 0.15) is 17.0 Å². The van der Waals surface area contributed by atoms with Crippen LogP contribution in [-0.4, -0.2) is 9.55 Å². The molecule has 0 aliphatic carbocycles. The summed E-state index contributed by atoms with van der Waals surface area (Å²) in [6.45, 7) is 9.13. The molecule has 240 valence electrons. The minimum Gasteiger partial charge on any atom is -0.455 e. The van der Waals surface area contributed by atoms with Gasteiger partial charge in [-0.2, -0.15) is 5.26 Å². The number of para-hydroxylation sites is 3. The molecule has 0 atom stereocenters. The van der Waals surface area contributed by atoms with E-state index in [4.69, 9.17) is 9.40 Å². The highest BCUT2D eigenvalue weighted by Gasteiger charge is 2.25. The fourth-order valence-electron chi connectivity index (χ4n) is 7.64. The van der Waals surface area contributed by atoms with Crippen molar-refractivity contribution in [1.29, 1.82) is 5.26 Å². The van der Waals surface area contributed by atoms with E-state index in [0.29, 0.717) is 5.56 Å². The molecule has 4 heteroatoms. The summed E-state index contributed by atoms with van der Waals surface area (Å²) in [6.07, 6.45) is 0. The molecule has 2 aromatic heterocycles. The molecular formula is C46H35N3O. The van der Waals surface area contributed by atoms with Gasteiger partial charge in [0.2, 0.25) is 0 Å². The minimum absolute atomic E-state index is 0.269. The lowest BCUT2D eigenvalue weighted by Crippen LogP contribution is -2.09. The Bertz CT molecular complexity index is 2800. The van der Waals surface area contributed by atoms with E-state index >= 15 is 0 Å². The van der Waals surface area contributed by atoms with Crippen molar-refractivity contribution >= 4 is 54.5 Å². The van der Waals surface area contributed by atoms with Crippen molar-refractivity contribution in [3.05, 3.63) is 144 Å². The monoisotopic (exact) mass is 645 g/mol. The predicted molar refractivity (Wildman–Crippen MR) is 207 cm³/mol. The molecule has 0 aliphatic rings. The largest absolute Gasteiger partial charge is 0.455 e. The normalized spacial score (nSPS) is 11.9. The van der Waals surface area contributed by atoms with Gasteiger partial charge in [-0.15, -0.1) is 0 Å². The second kappa shape index (κ2) is 11.5. The molecule has 0 radical (unpaired) electrons. The van der Waals surface area contributed by atoms with Crippen LogP contribution in [-0.2, 0) is 0 Å². The van der Waals surface area contributed by atoms with Gasteiger partial charge in [-0.1, -0.05) is 100 Å². The van der Waals surface area contributed by atoms with Crippen LogP contribution < -0.4 is 0 Å². The third-order valence-electron chi connectivity index (χ3n) is 10.1. The van der Waals surface area contributed by atoms with Crippen LogP contribution in [0, 0.1) is 11.3 Å². The molecule has 0 spiro atoms. The Morgan fingerprint density at radius 1 is 0.620 bits per heavy atom. The maximum absolute atomic E-state index is 9.62. The molecule has 0 aliphatic heterocycles. The van der Waals surface area contributed by atoms with Crippen LogP contribution in [0.2, 0.25) is 0 Å². The first-order chi connectivity index (χ1) is 24.4. The van der Waals surface area contributed by atoms with E-state index < -0.39 is 0 Å². The van der Waals surface area contributed by atoms with Gasteiger partial charge in [0.25, 0.3) is 0 Å². The summed E-state index contributed by atoms with van der Waals surface area (Å²) in [6, 6.07) is 47.1. The SMILES string of the molecule is CC(C)c1cc(-c2ccccc2)cc(C(C)C)c1-n1c(-c2cccc3c2oc2cc4c(ccc5ccc(C#N)cc54)cc23)nc2ccccc21. The minimum atomic E-state index is 0.269. The Morgan fingerprint density at radius 2 is 1.32 bits per heavy atom. The standard InChI is InChI=1S/C46H35N3O/c1-27(2)36-23-33(30-11-6-5-7-12-30)24-37(28(3)4)44(36)49-42-16-9-8-15-41(42)48-46(49)35-14-10-13-34-40-22-32-20-19-31-18-17-29(26-47)21-38(31)39(32)25-43(40)50-45(34)35/h5-25,27-28H,1-4H3. The van der Waals surface area contributed by atoms with Crippen molar-refractivity contribution < 1.29 is 4.42 Å². The van der Waals surface area contributed by atoms with Crippen LogP contribution in [0.25, 0.3) is 82.7 Å². The van der Waals surface area contributed by atoms with Gasteiger partial charge in [0.15, 0.2) is 0 Å². The molecule has 0 bridgehead atoms. The number of furan rings is 1. The number of fused-ring (bicyclic) bond motifs is 7. The van der Waals surface area contributed by atoms with Crippen LogP contribution in [0.5, 0.6) is 0 Å². The second-order valence-electron chi connectivity index (χ2n) is 13.9. The first kappa shape index (κ1) is 29.9. The number of benzene rings is 7. The van der Waals surface area contributed by atoms with Crippen LogP contribution in [0.4, 0.5) is 0 Å². The molecule has 0 fully saturated rings. The summed E-state index contributed by atoms with van der Waals surface area (Å²) < 4.78 is 9.23. The van der Waals surface area contributed by atoms with E-state index in [2.05, 4.69) is 148 Å². The van der Waals surface area contributed by atoms with Gasteiger partial charge in [-0.25, -0.2) is 4.98 Å². The van der Waals surface area contributed by atoms with Crippen LogP contribution in [0.15, 0.2) is 132 Å². The molecule has 0 unspecified atom stereocenters. The Hall–Kier alpha value is -6.18. The summed E-state index contributed by atoms with van der Waals surface area (Å²) in [5.74, 6) is 1.40. The fourth-order valence-corrected chi connectivity index (χ4v) is 7.64. The zero-order chi connectivity index (χ0) is 34.1. The zero-order valence-electron chi connectivity index (χ0n) is 28.5. The van der Waals surface area contributed by atoms with Crippen molar-refractivity contribution in [3.8, 4) is 34.3 Å². The van der Waals surface area contributed by atoms with Crippen molar-refractivity contribution in [2.24, 2.45) is 0 Å². The smallest absolute Gasteiger partial charge is 0.149 e. The average Bonchev–Trinajstić information content (AvgIpc) is 3.71. The van der Waals surface area contributed by atoms with E-state index in [-0.39, 0.29) is 11.8 Å². The molecule has 4 nitrogen and oxygen atoms in total. The van der Waals surface area contributed by atoms with Gasteiger partial charge in [0, 0.05) is 10.8 Å². The van der Waals surface area contributed by atoms with Crippen LogP contribution >= 0.6 is 0 Å².